The van der Waals surface area contributed by atoms with E-state index in [-0.39, 0.29) is 11.8 Å². The Bertz CT molecular complexity index is 797. The largest absolute Gasteiger partial charge is 0.357 e. The van der Waals surface area contributed by atoms with Gasteiger partial charge in [-0.3, -0.25) is 9.59 Å². The molecule has 0 saturated carbocycles. The fraction of sp³-hybridized carbons (Fsp3) is 0.333. The number of likely N-dealkylation sites (N-methyl/N-ethyl adjacent to an activating group) is 1. The van der Waals surface area contributed by atoms with Crippen molar-refractivity contribution in [1.29, 1.82) is 0 Å². The lowest BCUT2D eigenvalue weighted by Gasteiger charge is -2.28. The van der Waals surface area contributed by atoms with Crippen LogP contribution in [0.3, 0.4) is 0 Å². The van der Waals surface area contributed by atoms with E-state index >= 15 is 0 Å². The summed E-state index contributed by atoms with van der Waals surface area (Å²) in [7, 11) is 1.59. The molecule has 0 fully saturated rings. The number of aryl methyl sites for hydroxylation is 1. The summed E-state index contributed by atoms with van der Waals surface area (Å²) in [5.74, 6) is 0.772. The first-order valence-corrected chi connectivity index (χ1v) is 10.3. The fourth-order valence-electron chi connectivity index (χ4n) is 2.76. The van der Waals surface area contributed by atoms with Crippen molar-refractivity contribution >= 4 is 35.2 Å². The lowest BCUT2D eigenvalue weighted by atomic mass is 10.1. The topological polar surface area (TPSA) is 49.4 Å². The van der Waals surface area contributed by atoms with Crippen molar-refractivity contribution in [3.63, 3.8) is 0 Å². The molecule has 1 unspecified atom stereocenters. The van der Waals surface area contributed by atoms with Crippen LogP contribution in [0.2, 0.25) is 5.02 Å². The molecule has 144 valence electrons. The summed E-state index contributed by atoms with van der Waals surface area (Å²) >= 11 is 7.52. The number of hydrogen-bond acceptors (Lipinski definition) is 3. The molecule has 0 bridgehead atoms. The first kappa shape index (κ1) is 21.3. The van der Waals surface area contributed by atoms with Gasteiger partial charge in [-0.1, -0.05) is 53.6 Å². The number of halogens is 1. The van der Waals surface area contributed by atoms with Gasteiger partial charge in [0.2, 0.25) is 11.8 Å². The molecule has 0 aliphatic carbocycles. The molecular weight excluding hydrogens is 380 g/mol. The van der Waals surface area contributed by atoms with Gasteiger partial charge in [0, 0.05) is 24.4 Å². The third-order valence-electron chi connectivity index (χ3n) is 4.23. The number of hydrogen-bond donors (Lipinski definition) is 1. The smallest absolute Gasteiger partial charge is 0.242 e. The average Bonchev–Trinajstić information content (AvgIpc) is 2.65. The van der Waals surface area contributed by atoms with Gasteiger partial charge in [0.25, 0.3) is 0 Å². The Morgan fingerprint density at radius 3 is 2.52 bits per heavy atom. The number of nitrogens with one attached hydrogen (secondary N) is 1. The highest BCUT2D eigenvalue weighted by Crippen LogP contribution is 2.18. The van der Waals surface area contributed by atoms with Crippen LogP contribution < -0.4 is 5.32 Å². The van der Waals surface area contributed by atoms with Crippen molar-refractivity contribution in [2.45, 2.75) is 32.2 Å². The third kappa shape index (κ3) is 6.60. The number of nitrogens with zero attached hydrogens (tertiary/aromatic N) is 1. The highest BCUT2D eigenvalue weighted by atomic mass is 35.5. The molecule has 0 aliphatic heterocycles. The van der Waals surface area contributed by atoms with Crippen LogP contribution in [0.4, 0.5) is 0 Å². The second kappa shape index (κ2) is 10.4. The lowest BCUT2D eigenvalue weighted by Crippen LogP contribution is -2.47. The molecule has 0 aliphatic rings. The molecule has 4 nitrogen and oxygen atoms in total. The van der Waals surface area contributed by atoms with Crippen LogP contribution >= 0.6 is 23.4 Å². The molecule has 0 saturated heterocycles. The Morgan fingerprint density at radius 2 is 1.85 bits per heavy atom. The lowest BCUT2D eigenvalue weighted by molar-refractivity contribution is -0.138. The second-order valence-electron chi connectivity index (χ2n) is 6.42. The molecule has 6 heteroatoms. The van der Waals surface area contributed by atoms with Gasteiger partial charge in [-0.05, 0) is 37.1 Å². The van der Waals surface area contributed by atoms with Crippen LogP contribution in [-0.2, 0) is 21.9 Å². The Morgan fingerprint density at radius 1 is 1.15 bits per heavy atom. The van der Waals surface area contributed by atoms with E-state index in [4.69, 9.17) is 11.6 Å². The normalized spacial score (nSPS) is 11.7. The van der Waals surface area contributed by atoms with Gasteiger partial charge in [-0.15, -0.1) is 11.8 Å². The number of carbonyl (C=O) groups is 2. The van der Waals surface area contributed by atoms with Crippen molar-refractivity contribution in [1.82, 2.24) is 10.2 Å². The van der Waals surface area contributed by atoms with E-state index < -0.39 is 6.04 Å². The highest BCUT2D eigenvalue weighted by molar-refractivity contribution is 7.99. The molecule has 2 amide bonds. The van der Waals surface area contributed by atoms with Crippen LogP contribution in [0.1, 0.15) is 23.6 Å². The van der Waals surface area contributed by atoms with Crippen LogP contribution in [0.15, 0.2) is 48.5 Å². The minimum atomic E-state index is -0.533. The summed E-state index contributed by atoms with van der Waals surface area (Å²) in [6.45, 7) is 4.18. The molecule has 0 heterocycles. The summed E-state index contributed by atoms with van der Waals surface area (Å²) in [5, 5.41) is 3.32. The predicted molar refractivity (Wildman–Crippen MR) is 113 cm³/mol. The van der Waals surface area contributed by atoms with Crippen molar-refractivity contribution < 1.29 is 9.59 Å². The maximum atomic E-state index is 12.9. The first-order valence-electron chi connectivity index (χ1n) is 8.79. The Hall–Kier alpha value is -1.98. The molecule has 2 aromatic rings. The standard InChI is InChI=1S/C21H25ClN2O2S/c1-15-6-4-7-17(10-15)12-24(16(2)21(26)23-3)20(25)14-27-13-18-8-5-9-19(22)11-18/h4-11,16H,12-14H2,1-3H3,(H,23,26). The van der Waals surface area contributed by atoms with Crippen LogP contribution in [-0.4, -0.2) is 35.6 Å². The van der Waals surface area contributed by atoms with Gasteiger partial charge in [0.1, 0.15) is 6.04 Å². The average molecular weight is 405 g/mol. The van der Waals surface area contributed by atoms with E-state index in [2.05, 4.69) is 5.32 Å². The van der Waals surface area contributed by atoms with Crippen molar-refractivity contribution in [3.8, 4) is 0 Å². The summed E-state index contributed by atoms with van der Waals surface area (Å²) in [6, 6.07) is 15.1. The zero-order chi connectivity index (χ0) is 19.8. The molecule has 2 aromatic carbocycles. The number of rotatable bonds is 8. The van der Waals surface area contributed by atoms with E-state index in [1.54, 1.807) is 18.9 Å². The van der Waals surface area contributed by atoms with E-state index in [0.717, 1.165) is 16.7 Å². The number of carbonyl (C=O) groups excluding carboxylic acids is 2. The summed E-state index contributed by atoms with van der Waals surface area (Å²) in [4.78, 5) is 26.6. The molecule has 0 spiro atoms. The van der Waals surface area contributed by atoms with Crippen LogP contribution in [0.25, 0.3) is 0 Å². The quantitative estimate of drug-likeness (QED) is 0.722. The SMILES string of the molecule is CNC(=O)C(C)N(Cc1cccc(C)c1)C(=O)CSCc1cccc(Cl)c1. The van der Waals surface area contributed by atoms with Crippen LogP contribution in [0, 0.1) is 6.92 Å². The molecular formula is C21H25ClN2O2S. The monoisotopic (exact) mass is 404 g/mol. The van der Waals surface area contributed by atoms with Crippen molar-refractivity contribution in [2.24, 2.45) is 0 Å². The van der Waals surface area contributed by atoms with E-state index in [1.165, 1.54) is 11.8 Å². The minimum Gasteiger partial charge on any atom is -0.357 e. The third-order valence-corrected chi connectivity index (χ3v) is 5.46. The van der Waals surface area contributed by atoms with E-state index in [0.29, 0.717) is 23.1 Å². The van der Waals surface area contributed by atoms with Crippen LogP contribution in [0.5, 0.6) is 0 Å². The maximum absolute atomic E-state index is 12.9. The van der Waals surface area contributed by atoms with Crippen molar-refractivity contribution in [3.05, 3.63) is 70.2 Å². The fourth-order valence-corrected chi connectivity index (χ4v) is 3.84. The molecule has 27 heavy (non-hydrogen) atoms. The van der Waals surface area contributed by atoms with Gasteiger partial charge < -0.3 is 10.2 Å². The molecule has 0 radical (unpaired) electrons. The number of thioether (sulfide) groups is 1. The Balaban J connectivity index is 2.04. The molecule has 1 atom stereocenters. The van der Waals surface area contributed by atoms with E-state index in [9.17, 15) is 9.59 Å². The first-order chi connectivity index (χ1) is 12.9. The number of benzene rings is 2. The summed E-state index contributed by atoms with van der Waals surface area (Å²) < 4.78 is 0. The summed E-state index contributed by atoms with van der Waals surface area (Å²) in [5.41, 5.74) is 3.21. The van der Waals surface area contributed by atoms with Crippen molar-refractivity contribution in [2.75, 3.05) is 12.8 Å². The van der Waals surface area contributed by atoms with Gasteiger partial charge in [0.15, 0.2) is 0 Å². The number of amides is 2. The molecule has 0 aromatic heterocycles. The zero-order valence-corrected chi connectivity index (χ0v) is 17.4. The Labute approximate surface area is 170 Å². The Kier molecular flexibility index (Phi) is 8.20. The minimum absolute atomic E-state index is 0.0559. The maximum Gasteiger partial charge on any atom is 0.242 e. The highest BCUT2D eigenvalue weighted by Gasteiger charge is 2.25. The van der Waals surface area contributed by atoms with Gasteiger partial charge in [0.05, 0.1) is 5.75 Å². The van der Waals surface area contributed by atoms with Gasteiger partial charge in [-0.2, -0.15) is 0 Å². The summed E-state index contributed by atoms with van der Waals surface area (Å²) in [6.07, 6.45) is 0. The second-order valence-corrected chi connectivity index (χ2v) is 7.85. The zero-order valence-electron chi connectivity index (χ0n) is 15.9. The van der Waals surface area contributed by atoms with Gasteiger partial charge >= 0.3 is 0 Å². The van der Waals surface area contributed by atoms with E-state index in [1.807, 2.05) is 55.5 Å². The predicted octanol–water partition coefficient (Wildman–Crippen LogP) is 4.04. The molecule has 1 N–H and O–H groups in total. The van der Waals surface area contributed by atoms with Gasteiger partial charge in [-0.25, -0.2) is 0 Å². The molecule has 2 rings (SSSR count).